The Morgan fingerprint density at radius 3 is 2.77 bits per heavy atom. The fourth-order valence-corrected chi connectivity index (χ4v) is 3.30. The van der Waals surface area contributed by atoms with Crippen molar-refractivity contribution in [2.24, 2.45) is 0 Å². The summed E-state index contributed by atoms with van der Waals surface area (Å²) in [6, 6.07) is 14.7. The molecule has 0 saturated carbocycles. The van der Waals surface area contributed by atoms with Gasteiger partial charge in [0.15, 0.2) is 0 Å². The van der Waals surface area contributed by atoms with Crippen LogP contribution in [0.3, 0.4) is 0 Å². The third kappa shape index (κ3) is 3.54. The van der Waals surface area contributed by atoms with Crippen molar-refractivity contribution in [3.8, 4) is 0 Å². The summed E-state index contributed by atoms with van der Waals surface area (Å²) in [6.45, 7) is 3.96. The first kappa shape index (κ1) is 15.2. The Bertz CT molecular complexity index is 599. The molecular formula is C19H24N2O. The second-order valence-electron chi connectivity index (χ2n) is 6.20. The highest BCUT2D eigenvalue weighted by molar-refractivity contribution is 5.19. The predicted molar refractivity (Wildman–Crippen MR) is 88.6 cm³/mol. The van der Waals surface area contributed by atoms with Crippen LogP contribution in [-0.2, 0) is 13.0 Å². The molecule has 1 saturated heterocycles. The number of aliphatic hydroxyl groups excluding tert-OH is 1. The number of hydrogen-bond acceptors (Lipinski definition) is 3. The Hall–Kier alpha value is -1.71. The Morgan fingerprint density at radius 1 is 1.18 bits per heavy atom. The number of aliphatic hydroxyl groups is 1. The van der Waals surface area contributed by atoms with E-state index < -0.39 is 0 Å². The van der Waals surface area contributed by atoms with Crippen LogP contribution in [0, 0.1) is 6.92 Å². The van der Waals surface area contributed by atoms with Gasteiger partial charge in [-0.25, -0.2) is 0 Å². The van der Waals surface area contributed by atoms with Gasteiger partial charge in [0.05, 0.1) is 11.8 Å². The normalized spacial score (nSPS) is 22.6. The van der Waals surface area contributed by atoms with Gasteiger partial charge in [-0.1, -0.05) is 36.4 Å². The van der Waals surface area contributed by atoms with Crippen LogP contribution in [0.4, 0.5) is 0 Å². The predicted octanol–water partition coefficient (Wildman–Crippen LogP) is 2.96. The standard InChI is InChI=1S/C19H24N2O/c1-15-7-5-11-20-17(15)14-21-12-6-10-19(22)18(21)13-16-8-3-2-4-9-16/h2-5,7-9,11,18-19,22H,6,10,12-14H2,1H3/t18-,19-/m0/s1. The van der Waals surface area contributed by atoms with Crippen molar-refractivity contribution in [3.05, 3.63) is 65.5 Å². The van der Waals surface area contributed by atoms with E-state index in [0.717, 1.165) is 38.0 Å². The van der Waals surface area contributed by atoms with Gasteiger partial charge in [-0.2, -0.15) is 0 Å². The minimum atomic E-state index is -0.252. The summed E-state index contributed by atoms with van der Waals surface area (Å²) in [4.78, 5) is 6.91. The van der Waals surface area contributed by atoms with E-state index in [9.17, 15) is 5.11 Å². The first-order chi connectivity index (χ1) is 10.7. The maximum atomic E-state index is 10.5. The maximum absolute atomic E-state index is 10.5. The summed E-state index contributed by atoms with van der Waals surface area (Å²) < 4.78 is 0. The van der Waals surface area contributed by atoms with E-state index in [0.29, 0.717) is 0 Å². The summed E-state index contributed by atoms with van der Waals surface area (Å²) in [5.74, 6) is 0. The van der Waals surface area contributed by atoms with Crippen LogP contribution < -0.4 is 0 Å². The van der Waals surface area contributed by atoms with Gasteiger partial charge in [0.2, 0.25) is 0 Å². The van der Waals surface area contributed by atoms with E-state index in [1.54, 1.807) is 0 Å². The quantitative estimate of drug-likeness (QED) is 0.942. The third-order valence-electron chi connectivity index (χ3n) is 4.62. The molecule has 3 heteroatoms. The lowest BCUT2D eigenvalue weighted by atomic mass is 9.92. The second-order valence-corrected chi connectivity index (χ2v) is 6.20. The zero-order valence-corrected chi connectivity index (χ0v) is 13.2. The zero-order chi connectivity index (χ0) is 15.4. The summed E-state index contributed by atoms with van der Waals surface area (Å²) in [5.41, 5.74) is 3.63. The van der Waals surface area contributed by atoms with Gasteiger partial charge >= 0.3 is 0 Å². The summed E-state index contributed by atoms with van der Waals surface area (Å²) >= 11 is 0. The first-order valence-corrected chi connectivity index (χ1v) is 8.10. The number of likely N-dealkylation sites (tertiary alicyclic amines) is 1. The van der Waals surface area contributed by atoms with Gasteiger partial charge < -0.3 is 5.11 Å². The number of pyridine rings is 1. The van der Waals surface area contributed by atoms with Gasteiger partial charge in [0.1, 0.15) is 0 Å². The lowest BCUT2D eigenvalue weighted by molar-refractivity contribution is 0.00605. The smallest absolute Gasteiger partial charge is 0.0699 e. The number of nitrogens with zero attached hydrogens (tertiary/aromatic N) is 2. The molecule has 0 aliphatic carbocycles. The SMILES string of the molecule is Cc1cccnc1CN1CCC[C@H](O)[C@@H]1Cc1ccccc1. The van der Waals surface area contributed by atoms with Crippen LogP contribution in [0.5, 0.6) is 0 Å². The van der Waals surface area contributed by atoms with Crippen molar-refractivity contribution in [1.29, 1.82) is 0 Å². The molecule has 1 N–H and O–H groups in total. The van der Waals surface area contributed by atoms with Crippen LogP contribution in [0.25, 0.3) is 0 Å². The third-order valence-corrected chi connectivity index (χ3v) is 4.62. The van der Waals surface area contributed by atoms with Crippen molar-refractivity contribution in [2.45, 2.75) is 44.9 Å². The highest BCUT2D eigenvalue weighted by Gasteiger charge is 2.30. The van der Waals surface area contributed by atoms with Crippen LogP contribution in [-0.4, -0.2) is 33.7 Å². The Labute approximate surface area is 132 Å². The number of aromatic nitrogens is 1. The van der Waals surface area contributed by atoms with E-state index in [2.05, 4.69) is 47.1 Å². The molecule has 3 rings (SSSR count). The van der Waals surface area contributed by atoms with Crippen molar-refractivity contribution < 1.29 is 5.11 Å². The van der Waals surface area contributed by atoms with Gasteiger partial charge in [0.25, 0.3) is 0 Å². The van der Waals surface area contributed by atoms with Gasteiger partial charge in [0, 0.05) is 18.8 Å². The molecule has 3 nitrogen and oxygen atoms in total. The van der Waals surface area contributed by atoms with E-state index in [1.807, 2.05) is 18.3 Å². The van der Waals surface area contributed by atoms with Crippen LogP contribution in [0.1, 0.15) is 29.7 Å². The molecule has 1 fully saturated rings. The molecule has 1 aliphatic rings. The molecule has 2 aromatic rings. The zero-order valence-electron chi connectivity index (χ0n) is 13.2. The molecule has 2 atom stereocenters. The van der Waals surface area contributed by atoms with E-state index in [1.165, 1.54) is 11.1 Å². The molecule has 1 aliphatic heterocycles. The Morgan fingerprint density at radius 2 is 2.00 bits per heavy atom. The fourth-order valence-electron chi connectivity index (χ4n) is 3.30. The fraction of sp³-hybridized carbons (Fsp3) is 0.421. The lowest BCUT2D eigenvalue weighted by Crippen LogP contribution is -2.49. The van der Waals surface area contributed by atoms with Crippen molar-refractivity contribution in [3.63, 3.8) is 0 Å². The first-order valence-electron chi connectivity index (χ1n) is 8.10. The summed E-state index contributed by atoms with van der Waals surface area (Å²) in [6.07, 6.45) is 4.45. The van der Waals surface area contributed by atoms with Gasteiger partial charge in [-0.15, -0.1) is 0 Å². The maximum Gasteiger partial charge on any atom is 0.0699 e. The minimum Gasteiger partial charge on any atom is -0.391 e. The van der Waals surface area contributed by atoms with E-state index in [4.69, 9.17) is 0 Å². The number of benzene rings is 1. The largest absolute Gasteiger partial charge is 0.391 e. The molecule has 0 amide bonds. The Kier molecular flexibility index (Phi) is 4.86. The number of aryl methyl sites for hydroxylation is 1. The van der Waals surface area contributed by atoms with Crippen LogP contribution in [0.2, 0.25) is 0 Å². The molecule has 0 radical (unpaired) electrons. The summed E-state index contributed by atoms with van der Waals surface area (Å²) in [5, 5.41) is 10.5. The number of piperidine rings is 1. The van der Waals surface area contributed by atoms with Gasteiger partial charge in [-0.05, 0) is 49.9 Å². The molecule has 1 aromatic carbocycles. The van der Waals surface area contributed by atoms with Crippen LogP contribution in [0.15, 0.2) is 48.7 Å². The molecule has 1 aromatic heterocycles. The van der Waals surface area contributed by atoms with Crippen molar-refractivity contribution in [1.82, 2.24) is 9.88 Å². The molecule has 0 bridgehead atoms. The molecule has 116 valence electrons. The topological polar surface area (TPSA) is 36.4 Å². The highest BCUT2D eigenvalue weighted by Crippen LogP contribution is 2.23. The second kappa shape index (κ2) is 7.03. The average Bonchev–Trinajstić information content (AvgIpc) is 2.54. The van der Waals surface area contributed by atoms with E-state index >= 15 is 0 Å². The van der Waals surface area contributed by atoms with Crippen molar-refractivity contribution in [2.75, 3.05) is 6.54 Å². The van der Waals surface area contributed by atoms with Crippen molar-refractivity contribution >= 4 is 0 Å². The lowest BCUT2D eigenvalue weighted by Gasteiger charge is -2.39. The monoisotopic (exact) mass is 296 g/mol. The van der Waals surface area contributed by atoms with Crippen LogP contribution >= 0.6 is 0 Å². The average molecular weight is 296 g/mol. The molecule has 0 spiro atoms. The number of hydrogen-bond donors (Lipinski definition) is 1. The minimum absolute atomic E-state index is 0.178. The summed E-state index contributed by atoms with van der Waals surface area (Å²) in [7, 11) is 0. The van der Waals surface area contributed by atoms with E-state index in [-0.39, 0.29) is 12.1 Å². The molecule has 22 heavy (non-hydrogen) atoms. The Balaban J connectivity index is 1.77. The molecule has 0 unspecified atom stereocenters. The molecular weight excluding hydrogens is 272 g/mol. The highest BCUT2D eigenvalue weighted by atomic mass is 16.3. The molecule has 2 heterocycles. The van der Waals surface area contributed by atoms with Gasteiger partial charge in [-0.3, -0.25) is 9.88 Å². The number of rotatable bonds is 4.